The number of carboxylic acid groups (broad SMARTS) is 1. The first kappa shape index (κ1) is 14.8. The van der Waals surface area contributed by atoms with Crippen LogP contribution in [0.25, 0.3) is 0 Å². The molecule has 0 aliphatic carbocycles. The lowest BCUT2D eigenvalue weighted by atomic mass is 10.3. The predicted molar refractivity (Wildman–Crippen MR) is 80.7 cm³/mol. The molecule has 0 radical (unpaired) electrons. The number of aromatic nitrogens is 1. The van der Waals surface area contributed by atoms with Crippen molar-refractivity contribution in [3.05, 3.63) is 40.3 Å². The topological polar surface area (TPSA) is 117 Å². The second-order valence-corrected chi connectivity index (χ2v) is 5.09. The Morgan fingerprint density at radius 1 is 1.33 bits per heavy atom. The first-order valence-electron chi connectivity index (χ1n) is 6.13. The minimum atomic E-state index is -1.05. The lowest BCUT2D eigenvalue weighted by Crippen LogP contribution is -2.30. The predicted octanol–water partition coefficient (Wildman–Crippen LogP) is 1.79. The third-order valence-corrected chi connectivity index (χ3v) is 3.51. The third-order valence-electron chi connectivity index (χ3n) is 2.60. The maximum Gasteiger partial charge on any atom is 0.355 e. The van der Waals surface area contributed by atoms with Crippen LogP contribution in [0.5, 0.6) is 0 Å². The maximum atomic E-state index is 11.7. The summed E-state index contributed by atoms with van der Waals surface area (Å²) in [4.78, 5) is 26.3. The van der Waals surface area contributed by atoms with Gasteiger partial charge in [-0.2, -0.15) is 0 Å². The second-order valence-electron chi connectivity index (χ2n) is 4.15. The van der Waals surface area contributed by atoms with E-state index >= 15 is 0 Å². The Hall–Kier alpha value is -2.61. The summed E-state index contributed by atoms with van der Waals surface area (Å²) >= 11 is 1.25. The lowest BCUT2D eigenvalue weighted by Gasteiger charge is -2.08. The van der Waals surface area contributed by atoms with Gasteiger partial charge < -0.3 is 21.5 Å². The van der Waals surface area contributed by atoms with Crippen LogP contribution in [0.15, 0.2) is 29.6 Å². The molecule has 1 heterocycles. The number of amides is 2. The van der Waals surface area contributed by atoms with Crippen LogP contribution < -0.4 is 16.4 Å². The number of hydrogen-bond acceptors (Lipinski definition) is 5. The normalized spacial score (nSPS) is 10.1. The van der Waals surface area contributed by atoms with Gasteiger partial charge in [0.2, 0.25) is 0 Å². The van der Waals surface area contributed by atoms with Crippen LogP contribution in [0.2, 0.25) is 0 Å². The molecule has 0 bridgehead atoms. The molecular weight excluding hydrogens is 292 g/mol. The van der Waals surface area contributed by atoms with Crippen molar-refractivity contribution in [2.45, 2.75) is 6.42 Å². The fourth-order valence-corrected chi connectivity index (χ4v) is 2.36. The third kappa shape index (κ3) is 4.18. The van der Waals surface area contributed by atoms with Crippen molar-refractivity contribution in [1.82, 2.24) is 10.3 Å². The molecule has 5 N–H and O–H groups in total. The number of nitrogens with two attached hydrogens (primary N) is 1. The summed E-state index contributed by atoms with van der Waals surface area (Å²) in [5.74, 6) is -1.05. The highest BCUT2D eigenvalue weighted by Gasteiger charge is 2.09. The Labute approximate surface area is 124 Å². The number of nitrogens with one attached hydrogen (secondary N) is 2. The molecule has 0 aliphatic heterocycles. The van der Waals surface area contributed by atoms with Crippen LogP contribution in [0.4, 0.5) is 16.2 Å². The number of nitrogen functional groups attached to an aromatic ring is 1. The van der Waals surface area contributed by atoms with Crippen molar-refractivity contribution >= 4 is 34.7 Å². The molecular formula is C13H14N4O3S. The van der Waals surface area contributed by atoms with E-state index in [0.717, 1.165) is 0 Å². The summed E-state index contributed by atoms with van der Waals surface area (Å²) in [6, 6.07) is 6.58. The number of carbonyl (C=O) groups is 2. The smallest absolute Gasteiger partial charge is 0.355 e. The van der Waals surface area contributed by atoms with Gasteiger partial charge in [0.05, 0.1) is 16.4 Å². The molecule has 2 aromatic rings. The number of rotatable bonds is 5. The highest BCUT2D eigenvalue weighted by atomic mass is 32.1. The zero-order valence-electron chi connectivity index (χ0n) is 11.0. The molecule has 2 amide bonds. The fourth-order valence-electron chi connectivity index (χ4n) is 1.58. The van der Waals surface area contributed by atoms with Crippen LogP contribution in [0.1, 0.15) is 15.5 Å². The summed E-state index contributed by atoms with van der Waals surface area (Å²) in [6.45, 7) is 0.352. The molecule has 1 aromatic carbocycles. The monoisotopic (exact) mass is 306 g/mol. The molecule has 0 saturated heterocycles. The molecule has 0 unspecified atom stereocenters. The molecule has 21 heavy (non-hydrogen) atoms. The van der Waals surface area contributed by atoms with Gasteiger partial charge in [-0.3, -0.25) is 0 Å². The van der Waals surface area contributed by atoms with E-state index in [4.69, 9.17) is 10.8 Å². The lowest BCUT2D eigenvalue weighted by molar-refractivity contribution is 0.0691. The number of urea groups is 1. The van der Waals surface area contributed by atoms with Crippen LogP contribution in [0, 0.1) is 0 Å². The number of thiazole rings is 1. The van der Waals surface area contributed by atoms with Gasteiger partial charge in [-0.1, -0.05) is 12.1 Å². The van der Waals surface area contributed by atoms with E-state index < -0.39 is 5.97 Å². The van der Waals surface area contributed by atoms with Gasteiger partial charge in [0.1, 0.15) is 0 Å². The zero-order chi connectivity index (χ0) is 15.2. The number of anilines is 2. The summed E-state index contributed by atoms with van der Waals surface area (Å²) in [7, 11) is 0. The molecule has 0 aliphatic rings. The van der Waals surface area contributed by atoms with Gasteiger partial charge in [-0.25, -0.2) is 14.6 Å². The fraction of sp³-hybridized carbons (Fsp3) is 0.154. The number of nitrogens with zero attached hydrogens (tertiary/aromatic N) is 1. The van der Waals surface area contributed by atoms with E-state index in [1.165, 1.54) is 16.7 Å². The van der Waals surface area contributed by atoms with Gasteiger partial charge in [-0.15, -0.1) is 11.3 Å². The molecule has 8 heteroatoms. The van der Waals surface area contributed by atoms with Crippen molar-refractivity contribution in [1.29, 1.82) is 0 Å². The molecule has 7 nitrogen and oxygen atoms in total. The minimum absolute atomic E-state index is 0.0245. The number of para-hydroxylation sites is 2. The standard InChI is InChI=1S/C13H14N4O3S/c14-8-3-1-2-4-9(8)17-13(20)15-6-5-11-16-10(7-21-11)12(18)19/h1-4,7H,5-6,14H2,(H,18,19)(H2,15,17,20). The van der Waals surface area contributed by atoms with Gasteiger partial charge in [0.15, 0.2) is 5.69 Å². The molecule has 1 aromatic heterocycles. The Morgan fingerprint density at radius 3 is 2.76 bits per heavy atom. The van der Waals surface area contributed by atoms with E-state index in [1.54, 1.807) is 24.3 Å². The zero-order valence-corrected chi connectivity index (χ0v) is 11.8. The van der Waals surface area contributed by atoms with Gasteiger partial charge in [-0.05, 0) is 12.1 Å². The summed E-state index contributed by atoms with van der Waals surface area (Å²) in [6.07, 6.45) is 0.468. The maximum absolute atomic E-state index is 11.7. The molecule has 0 fully saturated rings. The SMILES string of the molecule is Nc1ccccc1NC(=O)NCCc1nc(C(=O)O)cs1. The largest absolute Gasteiger partial charge is 0.476 e. The van der Waals surface area contributed by atoms with Crippen molar-refractivity contribution < 1.29 is 14.7 Å². The number of aromatic carboxylic acids is 1. The number of hydrogen-bond donors (Lipinski definition) is 4. The Balaban J connectivity index is 1.79. The molecule has 2 rings (SSSR count). The quantitative estimate of drug-likeness (QED) is 0.628. The first-order valence-corrected chi connectivity index (χ1v) is 7.01. The average Bonchev–Trinajstić information content (AvgIpc) is 2.90. The van der Waals surface area contributed by atoms with E-state index in [9.17, 15) is 9.59 Å². The minimum Gasteiger partial charge on any atom is -0.476 e. The molecule has 0 saturated carbocycles. The Kier molecular flexibility index (Phi) is 4.72. The van der Waals surface area contributed by atoms with Crippen molar-refractivity contribution in [2.75, 3.05) is 17.6 Å². The summed E-state index contributed by atoms with van der Waals surface area (Å²) in [5.41, 5.74) is 6.76. The van der Waals surface area contributed by atoms with E-state index in [2.05, 4.69) is 15.6 Å². The first-order chi connectivity index (χ1) is 10.1. The van der Waals surface area contributed by atoms with Crippen LogP contribution in [0.3, 0.4) is 0 Å². The van der Waals surface area contributed by atoms with Crippen LogP contribution >= 0.6 is 11.3 Å². The van der Waals surface area contributed by atoms with E-state index in [1.807, 2.05) is 0 Å². The Morgan fingerprint density at radius 2 is 2.10 bits per heavy atom. The summed E-state index contributed by atoms with van der Waals surface area (Å²) in [5, 5.41) is 16.2. The summed E-state index contributed by atoms with van der Waals surface area (Å²) < 4.78 is 0. The molecule has 0 spiro atoms. The second kappa shape index (κ2) is 6.71. The highest BCUT2D eigenvalue weighted by molar-refractivity contribution is 7.09. The van der Waals surface area contributed by atoms with Gasteiger partial charge in [0, 0.05) is 18.3 Å². The Bertz CT molecular complexity index is 656. The molecule has 110 valence electrons. The van der Waals surface area contributed by atoms with E-state index in [-0.39, 0.29) is 11.7 Å². The van der Waals surface area contributed by atoms with Crippen LogP contribution in [-0.4, -0.2) is 28.6 Å². The average molecular weight is 306 g/mol. The number of benzene rings is 1. The van der Waals surface area contributed by atoms with E-state index in [0.29, 0.717) is 29.3 Å². The van der Waals surface area contributed by atoms with Crippen LogP contribution in [-0.2, 0) is 6.42 Å². The highest BCUT2D eigenvalue weighted by Crippen LogP contribution is 2.16. The van der Waals surface area contributed by atoms with Gasteiger partial charge in [0.25, 0.3) is 0 Å². The number of carboxylic acids is 1. The molecule has 0 atom stereocenters. The van der Waals surface area contributed by atoms with Gasteiger partial charge >= 0.3 is 12.0 Å². The van der Waals surface area contributed by atoms with Crippen molar-refractivity contribution in [3.8, 4) is 0 Å². The van der Waals surface area contributed by atoms with Crippen molar-refractivity contribution in [3.63, 3.8) is 0 Å². The number of carbonyl (C=O) groups excluding carboxylic acids is 1. The van der Waals surface area contributed by atoms with Crippen molar-refractivity contribution in [2.24, 2.45) is 0 Å².